The Morgan fingerprint density at radius 3 is 0.868 bits per heavy atom. The van der Waals surface area contributed by atoms with E-state index in [-0.39, 0.29) is 0 Å². The molecule has 38 heavy (non-hydrogen) atoms. The molecule has 0 fully saturated rings. The van der Waals surface area contributed by atoms with Crippen LogP contribution in [0.15, 0.2) is 0 Å². The predicted molar refractivity (Wildman–Crippen MR) is 174 cm³/mol. The highest BCUT2D eigenvalue weighted by Gasteiger charge is 1.98. The monoisotopic (exact) mass is 536 g/mol. The Kier molecular flexibility index (Phi) is 34.0. The van der Waals surface area contributed by atoms with Crippen molar-refractivity contribution in [2.45, 2.75) is 219 Å². The average molecular weight is 536 g/mol. The number of nitrogens with zero attached hydrogens (tertiary/aromatic N) is 1. The molecular weight excluding hydrogens is 462 g/mol. The van der Waals surface area contributed by atoms with Gasteiger partial charge in [-0.1, -0.05) is 194 Å². The van der Waals surface area contributed by atoms with Crippen molar-refractivity contribution in [3.05, 3.63) is 5.21 Å². The van der Waals surface area contributed by atoms with E-state index in [1.807, 2.05) is 6.21 Å². The fraction of sp³-hybridized carbons (Fsp3) is 0.972. The first-order chi connectivity index (χ1) is 18.8. The molecule has 0 bridgehead atoms. The largest absolute Gasteiger partial charge is 0.624 e. The van der Waals surface area contributed by atoms with Crippen LogP contribution in [0, 0.1) is 5.21 Å². The second kappa shape index (κ2) is 34.5. The molecule has 0 saturated carbocycles. The predicted octanol–water partition coefficient (Wildman–Crippen LogP) is 13.1. The maximum Gasteiger partial charge on any atom is 0.153 e. The highest BCUT2D eigenvalue weighted by atomic mass is 16.5. The van der Waals surface area contributed by atoms with Gasteiger partial charge in [-0.05, 0) is 12.8 Å². The lowest BCUT2D eigenvalue weighted by molar-refractivity contribution is -0.454. The van der Waals surface area contributed by atoms with Gasteiger partial charge in [-0.25, -0.2) is 4.74 Å². The van der Waals surface area contributed by atoms with Gasteiger partial charge < -0.3 is 5.21 Å². The minimum Gasteiger partial charge on any atom is -0.624 e. The van der Waals surface area contributed by atoms with Crippen molar-refractivity contribution in [2.24, 2.45) is 0 Å². The SMILES string of the molecule is CCCCCCCCCCCCCCCCC/C=[N+](/[O-])CCCCCCCCCCCCCCCCCC. The molecular formula is C36H73NO. The van der Waals surface area contributed by atoms with Crippen LogP contribution in [0.4, 0.5) is 0 Å². The van der Waals surface area contributed by atoms with Gasteiger partial charge >= 0.3 is 0 Å². The molecule has 0 aromatic heterocycles. The van der Waals surface area contributed by atoms with Gasteiger partial charge in [0.25, 0.3) is 0 Å². The molecule has 0 atom stereocenters. The lowest BCUT2D eigenvalue weighted by atomic mass is 10.0. The molecule has 228 valence electrons. The summed E-state index contributed by atoms with van der Waals surface area (Å²) in [6.07, 6.45) is 46.0. The minimum atomic E-state index is 0.706. The third-order valence-electron chi connectivity index (χ3n) is 8.37. The lowest BCUT2D eigenvalue weighted by Gasteiger charge is -2.05. The Morgan fingerprint density at radius 2 is 0.579 bits per heavy atom. The van der Waals surface area contributed by atoms with Crippen molar-refractivity contribution in [2.75, 3.05) is 6.54 Å². The third kappa shape index (κ3) is 33.5. The van der Waals surface area contributed by atoms with Gasteiger partial charge in [0.15, 0.2) is 12.8 Å². The first-order valence-corrected chi connectivity index (χ1v) is 18.1. The minimum absolute atomic E-state index is 0.706. The fourth-order valence-electron chi connectivity index (χ4n) is 5.66. The smallest absolute Gasteiger partial charge is 0.153 e. The third-order valence-corrected chi connectivity index (χ3v) is 8.37. The van der Waals surface area contributed by atoms with Crippen LogP contribution in [-0.2, 0) is 0 Å². The highest BCUT2D eigenvalue weighted by Crippen LogP contribution is 2.15. The summed E-state index contributed by atoms with van der Waals surface area (Å²) in [6, 6.07) is 0. The zero-order chi connectivity index (χ0) is 27.6. The molecule has 0 aliphatic rings. The van der Waals surface area contributed by atoms with Crippen LogP contribution < -0.4 is 0 Å². The molecule has 0 amide bonds. The van der Waals surface area contributed by atoms with Crippen molar-refractivity contribution in [1.29, 1.82) is 0 Å². The first-order valence-electron chi connectivity index (χ1n) is 18.1. The maximum absolute atomic E-state index is 12.0. The van der Waals surface area contributed by atoms with Gasteiger partial charge in [-0.15, -0.1) is 0 Å². The van der Waals surface area contributed by atoms with Gasteiger partial charge in [-0.2, -0.15) is 0 Å². The van der Waals surface area contributed by atoms with E-state index in [1.165, 1.54) is 197 Å². The molecule has 0 aromatic rings. The normalized spacial score (nSPS) is 12.0. The molecule has 0 aromatic carbocycles. The van der Waals surface area contributed by atoms with E-state index in [9.17, 15) is 5.21 Å². The van der Waals surface area contributed by atoms with Crippen molar-refractivity contribution in [1.82, 2.24) is 0 Å². The Labute approximate surface area is 241 Å². The van der Waals surface area contributed by atoms with E-state index in [0.717, 1.165) is 12.8 Å². The van der Waals surface area contributed by atoms with E-state index in [1.54, 1.807) is 0 Å². The summed E-state index contributed by atoms with van der Waals surface area (Å²) in [5, 5.41) is 12.0. The number of rotatable bonds is 33. The van der Waals surface area contributed by atoms with E-state index < -0.39 is 0 Å². The first kappa shape index (κ1) is 37.5. The Balaban J connectivity index is 3.20. The molecule has 0 N–H and O–H groups in total. The summed E-state index contributed by atoms with van der Waals surface area (Å²) in [4.78, 5) is 0. The molecule has 0 radical (unpaired) electrons. The zero-order valence-electron chi connectivity index (χ0n) is 26.8. The van der Waals surface area contributed by atoms with Crippen molar-refractivity contribution < 1.29 is 4.74 Å². The lowest BCUT2D eigenvalue weighted by Crippen LogP contribution is -2.06. The molecule has 0 aliphatic heterocycles. The average Bonchev–Trinajstić information content (AvgIpc) is 2.92. The molecule has 2 nitrogen and oxygen atoms in total. The molecule has 0 rings (SSSR count). The van der Waals surface area contributed by atoms with E-state index in [4.69, 9.17) is 0 Å². The molecule has 0 saturated heterocycles. The summed E-state index contributed by atoms with van der Waals surface area (Å²) in [5.74, 6) is 0. The van der Waals surface area contributed by atoms with Crippen LogP contribution in [-0.4, -0.2) is 17.5 Å². The van der Waals surface area contributed by atoms with Gasteiger partial charge in [-0.3, -0.25) is 0 Å². The van der Waals surface area contributed by atoms with Crippen LogP contribution in [0.1, 0.15) is 219 Å². The maximum atomic E-state index is 12.0. The summed E-state index contributed by atoms with van der Waals surface area (Å²) in [7, 11) is 0. The van der Waals surface area contributed by atoms with Crippen LogP contribution in [0.3, 0.4) is 0 Å². The Bertz CT molecular complexity index is 447. The van der Waals surface area contributed by atoms with Crippen LogP contribution in [0.5, 0.6) is 0 Å². The van der Waals surface area contributed by atoms with Crippen molar-refractivity contribution >= 4 is 6.21 Å². The number of hydrogen-bond acceptors (Lipinski definition) is 1. The molecule has 0 aliphatic carbocycles. The van der Waals surface area contributed by atoms with Gasteiger partial charge in [0.2, 0.25) is 0 Å². The number of hydrogen-bond donors (Lipinski definition) is 0. The van der Waals surface area contributed by atoms with Gasteiger partial charge in [0, 0.05) is 12.8 Å². The fourth-order valence-corrected chi connectivity index (χ4v) is 5.66. The van der Waals surface area contributed by atoms with Crippen LogP contribution in [0.2, 0.25) is 0 Å². The quantitative estimate of drug-likeness (QED) is 0.0270. The molecule has 0 spiro atoms. The van der Waals surface area contributed by atoms with Gasteiger partial charge in [0.1, 0.15) is 0 Å². The zero-order valence-corrected chi connectivity index (χ0v) is 26.8. The Morgan fingerprint density at radius 1 is 0.342 bits per heavy atom. The summed E-state index contributed by atoms with van der Waals surface area (Å²) >= 11 is 0. The van der Waals surface area contributed by atoms with Crippen LogP contribution >= 0.6 is 0 Å². The topological polar surface area (TPSA) is 26.1 Å². The second-order valence-corrected chi connectivity index (χ2v) is 12.4. The highest BCUT2D eigenvalue weighted by molar-refractivity contribution is 5.50. The summed E-state index contributed by atoms with van der Waals surface area (Å²) in [6.45, 7) is 5.29. The van der Waals surface area contributed by atoms with Crippen molar-refractivity contribution in [3.63, 3.8) is 0 Å². The van der Waals surface area contributed by atoms with E-state index in [0.29, 0.717) is 6.54 Å². The Hall–Kier alpha value is -0.530. The van der Waals surface area contributed by atoms with Crippen molar-refractivity contribution in [3.8, 4) is 0 Å². The number of hydroxylamine groups is 1. The molecule has 2 heteroatoms. The second-order valence-electron chi connectivity index (χ2n) is 12.4. The molecule has 0 unspecified atom stereocenters. The van der Waals surface area contributed by atoms with E-state index in [2.05, 4.69) is 13.8 Å². The summed E-state index contributed by atoms with van der Waals surface area (Å²) in [5.41, 5.74) is 0. The molecule has 0 heterocycles. The standard InChI is InChI=1S/C36H73NO/c1-3-5-7-9-11-13-15-17-19-21-23-25-27-29-31-33-35-37(38)36-34-32-30-28-26-24-22-20-18-16-14-12-10-8-6-4-2/h35H,3-34,36H2,1-2H3/b37-35+. The number of unbranched alkanes of at least 4 members (excludes halogenated alkanes) is 30. The van der Waals surface area contributed by atoms with E-state index >= 15 is 0 Å². The summed E-state index contributed by atoms with van der Waals surface area (Å²) < 4.78 is 1.22. The van der Waals surface area contributed by atoms with Gasteiger partial charge in [0.05, 0.1) is 0 Å². The van der Waals surface area contributed by atoms with Crippen LogP contribution in [0.25, 0.3) is 0 Å².